The standard InChI is InChI=1S/C20H18F2N2O3/c1-12-11-24(20(26)27)10-9-15(12)13-5-7-14(8-6-13)23-19(25)18-16(21)3-2-4-17(18)22/h2-8H,9-11H2,1H3,(H,23,25)(H,26,27). The van der Waals surface area contributed by atoms with Gasteiger partial charge in [-0.1, -0.05) is 18.2 Å². The number of nitrogens with zero attached hydrogens (tertiary/aromatic N) is 1. The fourth-order valence-electron chi connectivity index (χ4n) is 3.14. The summed E-state index contributed by atoms with van der Waals surface area (Å²) in [6.45, 7) is 2.67. The van der Waals surface area contributed by atoms with E-state index >= 15 is 0 Å². The predicted octanol–water partition coefficient (Wildman–Crippen LogP) is 4.37. The van der Waals surface area contributed by atoms with E-state index in [1.54, 1.807) is 24.3 Å². The van der Waals surface area contributed by atoms with Crippen LogP contribution in [-0.2, 0) is 0 Å². The molecule has 3 rings (SSSR count). The number of hydrogen-bond acceptors (Lipinski definition) is 2. The molecule has 0 saturated heterocycles. The van der Waals surface area contributed by atoms with Crippen molar-refractivity contribution in [2.45, 2.75) is 13.3 Å². The van der Waals surface area contributed by atoms with Gasteiger partial charge in [0.1, 0.15) is 17.2 Å². The number of rotatable bonds is 3. The van der Waals surface area contributed by atoms with Crippen molar-refractivity contribution in [1.29, 1.82) is 0 Å². The zero-order valence-corrected chi connectivity index (χ0v) is 14.6. The fourth-order valence-corrected chi connectivity index (χ4v) is 3.14. The topological polar surface area (TPSA) is 69.6 Å². The first-order chi connectivity index (χ1) is 12.9. The molecule has 5 nitrogen and oxygen atoms in total. The molecule has 0 aliphatic carbocycles. The fraction of sp³-hybridized carbons (Fsp3) is 0.200. The number of carbonyl (C=O) groups is 2. The van der Waals surface area contributed by atoms with E-state index in [0.29, 0.717) is 25.2 Å². The third-order valence-corrected chi connectivity index (χ3v) is 4.53. The van der Waals surface area contributed by atoms with Gasteiger partial charge in [-0.25, -0.2) is 13.6 Å². The van der Waals surface area contributed by atoms with Crippen LogP contribution < -0.4 is 5.32 Å². The average Bonchev–Trinajstić information content (AvgIpc) is 2.62. The van der Waals surface area contributed by atoms with Gasteiger partial charge < -0.3 is 15.3 Å². The highest BCUT2D eigenvalue weighted by atomic mass is 19.1. The Bertz CT molecular complexity index is 903. The summed E-state index contributed by atoms with van der Waals surface area (Å²) < 4.78 is 27.4. The third-order valence-electron chi connectivity index (χ3n) is 4.53. The van der Waals surface area contributed by atoms with E-state index in [-0.39, 0.29) is 0 Å². The van der Waals surface area contributed by atoms with E-state index in [4.69, 9.17) is 5.11 Å². The zero-order valence-electron chi connectivity index (χ0n) is 14.6. The maximum Gasteiger partial charge on any atom is 0.407 e. The van der Waals surface area contributed by atoms with Gasteiger partial charge in [-0.3, -0.25) is 4.79 Å². The zero-order chi connectivity index (χ0) is 19.6. The van der Waals surface area contributed by atoms with Crippen molar-refractivity contribution in [1.82, 2.24) is 4.90 Å². The summed E-state index contributed by atoms with van der Waals surface area (Å²) in [5.74, 6) is -2.70. The molecule has 2 aromatic carbocycles. The average molecular weight is 372 g/mol. The van der Waals surface area contributed by atoms with Crippen LogP contribution in [0.25, 0.3) is 5.57 Å². The van der Waals surface area contributed by atoms with Crippen LogP contribution in [0.5, 0.6) is 0 Å². The van der Waals surface area contributed by atoms with Gasteiger partial charge in [-0.15, -0.1) is 0 Å². The molecule has 2 aromatic rings. The first-order valence-electron chi connectivity index (χ1n) is 8.39. The van der Waals surface area contributed by atoms with Crippen LogP contribution in [0.4, 0.5) is 19.3 Å². The number of carboxylic acid groups (broad SMARTS) is 1. The summed E-state index contributed by atoms with van der Waals surface area (Å²) in [7, 11) is 0. The van der Waals surface area contributed by atoms with Crippen molar-refractivity contribution in [2.75, 3.05) is 18.4 Å². The minimum absolute atomic E-state index is 0.357. The Labute approximate surface area is 154 Å². The molecule has 0 spiro atoms. The van der Waals surface area contributed by atoms with E-state index in [9.17, 15) is 18.4 Å². The normalized spacial score (nSPS) is 14.3. The second-order valence-electron chi connectivity index (χ2n) is 6.34. The molecular formula is C20H18F2N2O3. The monoisotopic (exact) mass is 372 g/mol. The summed E-state index contributed by atoms with van der Waals surface area (Å²) in [5.41, 5.74) is 2.74. The smallest absolute Gasteiger partial charge is 0.407 e. The van der Waals surface area contributed by atoms with Crippen molar-refractivity contribution in [3.8, 4) is 0 Å². The lowest BCUT2D eigenvalue weighted by molar-refractivity contribution is 0.101. The van der Waals surface area contributed by atoms with Gasteiger partial charge in [-0.2, -0.15) is 0 Å². The molecule has 1 heterocycles. The Morgan fingerprint density at radius 2 is 1.70 bits per heavy atom. The molecule has 0 unspecified atom stereocenters. The quantitative estimate of drug-likeness (QED) is 0.840. The van der Waals surface area contributed by atoms with Gasteiger partial charge in [-0.05, 0) is 54.3 Å². The summed E-state index contributed by atoms with van der Waals surface area (Å²) in [5, 5.41) is 11.6. The summed E-state index contributed by atoms with van der Waals surface area (Å²) in [6, 6.07) is 10.1. The van der Waals surface area contributed by atoms with Gasteiger partial charge in [0.15, 0.2) is 0 Å². The van der Waals surface area contributed by atoms with E-state index in [1.807, 2.05) is 6.92 Å². The van der Waals surface area contributed by atoms with Crippen molar-refractivity contribution >= 4 is 23.3 Å². The Morgan fingerprint density at radius 1 is 1.07 bits per heavy atom. The minimum atomic E-state index is -0.938. The number of benzene rings is 2. The van der Waals surface area contributed by atoms with Gasteiger partial charge in [0.25, 0.3) is 5.91 Å². The van der Waals surface area contributed by atoms with E-state index in [0.717, 1.165) is 28.8 Å². The van der Waals surface area contributed by atoms with Gasteiger partial charge in [0, 0.05) is 18.8 Å². The highest BCUT2D eigenvalue weighted by Crippen LogP contribution is 2.28. The van der Waals surface area contributed by atoms with Crippen LogP contribution in [0, 0.1) is 11.6 Å². The lowest BCUT2D eigenvalue weighted by Crippen LogP contribution is -2.35. The van der Waals surface area contributed by atoms with E-state index < -0.39 is 29.2 Å². The van der Waals surface area contributed by atoms with Crippen LogP contribution in [0.15, 0.2) is 48.0 Å². The number of anilines is 1. The van der Waals surface area contributed by atoms with E-state index in [1.165, 1.54) is 11.0 Å². The van der Waals surface area contributed by atoms with Crippen LogP contribution >= 0.6 is 0 Å². The largest absolute Gasteiger partial charge is 0.465 e. The van der Waals surface area contributed by atoms with Gasteiger partial charge >= 0.3 is 6.09 Å². The van der Waals surface area contributed by atoms with Crippen LogP contribution in [0.3, 0.4) is 0 Å². The predicted molar refractivity (Wildman–Crippen MR) is 97.6 cm³/mol. The van der Waals surface area contributed by atoms with Crippen molar-refractivity contribution in [3.63, 3.8) is 0 Å². The molecule has 0 saturated carbocycles. The molecule has 140 valence electrons. The van der Waals surface area contributed by atoms with Gasteiger partial charge in [0.2, 0.25) is 0 Å². The van der Waals surface area contributed by atoms with Crippen molar-refractivity contribution in [2.24, 2.45) is 0 Å². The molecule has 27 heavy (non-hydrogen) atoms. The van der Waals surface area contributed by atoms with Crippen LogP contribution in [0.2, 0.25) is 0 Å². The molecule has 0 bridgehead atoms. The number of nitrogens with one attached hydrogen (secondary N) is 1. The van der Waals surface area contributed by atoms with Crippen LogP contribution in [-0.4, -0.2) is 35.1 Å². The Morgan fingerprint density at radius 3 is 2.26 bits per heavy atom. The lowest BCUT2D eigenvalue weighted by atomic mass is 9.94. The van der Waals surface area contributed by atoms with Crippen molar-refractivity contribution < 1.29 is 23.5 Å². The summed E-state index contributed by atoms with van der Waals surface area (Å²) in [4.78, 5) is 24.6. The number of halogens is 2. The molecule has 2 amide bonds. The number of hydrogen-bond donors (Lipinski definition) is 2. The Kier molecular flexibility index (Phi) is 5.21. The third kappa shape index (κ3) is 3.97. The molecule has 1 aliphatic heterocycles. The molecular weight excluding hydrogens is 354 g/mol. The first kappa shape index (κ1) is 18.6. The molecule has 7 heteroatoms. The molecule has 0 atom stereocenters. The second-order valence-corrected chi connectivity index (χ2v) is 6.34. The highest BCUT2D eigenvalue weighted by Gasteiger charge is 2.21. The van der Waals surface area contributed by atoms with Crippen LogP contribution in [0.1, 0.15) is 29.3 Å². The maximum atomic E-state index is 13.7. The highest BCUT2D eigenvalue weighted by molar-refractivity contribution is 6.04. The Balaban J connectivity index is 1.75. The summed E-state index contributed by atoms with van der Waals surface area (Å²) in [6.07, 6.45) is -0.337. The lowest BCUT2D eigenvalue weighted by Gasteiger charge is -2.27. The summed E-state index contributed by atoms with van der Waals surface area (Å²) >= 11 is 0. The minimum Gasteiger partial charge on any atom is -0.465 e. The first-order valence-corrected chi connectivity index (χ1v) is 8.39. The molecule has 0 radical (unpaired) electrons. The molecule has 1 aliphatic rings. The van der Waals surface area contributed by atoms with Crippen molar-refractivity contribution in [3.05, 3.63) is 70.8 Å². The molecule has 0 fully saturated rings. The van der Waals surface area contributed by atoms with E-state index in [2.05, 4.69) is 5.32 Å². The molecule has 0 aromatic heterocycles. The molecule has 2 N–H and O–H groups in total. The maximum absolute atomic E-state index is 13.7. The second kappa shape index (κ2) is 7.57. The van der Waals surface area contributed by atoms with Gasteiger partial charge in [0.05, 0.1) is 0 Å². The Hall–Kier alpha value is -3.22. The SMILES string of the molecule is CC1=C(c2ccc(NC(=O)c3c(F)cccc3F)cc2)CCN(C(=O)O)C1. The number of amides is 2. The number of carbonyl (C=O) groups excluding carboxylic acids is 1.